The number of thiophene rings is 1. The van der Waals surface area contributed by atoms with E-state index in [0.717, 1.165) is 20.3 Å². The van der Waals surface area contributed by atoms with Crippen molar-refractivity contribution in [3.63, 3.8) is 0 Å². The number of nitrogens with one attached hydrogen (secondary N) is 2. The summed E-state index contributed by atoms with van der Waals surface area (Å²) >= 11 is 6.98. The fourth-order valence-corrected chi connectivity index (χ4v) is 5.70. The van der Waals surface area contributed by atoms with Crippen molar-refractivity contribution in [3.05, 3.63) is 15.8 Å². The van der Waals surface area contributed by atoms with Crippen molar-refractivity contribution in [2.45, 2.75) is 18.9 Å². The van der Waals surface area contributed by atoms with Crippen LogP contribution in [-0.4, -0.2) is 49.1 Å². The first-order valence-electron chi connectivity index (χ1n) is 7.33. The van der Waals surface area contributed by atoms with E-state index in [1.807, 2.05) is 4.72 Å². The van der Waals surface area contributed by atoms with Gasteiger partial charge in [0.15, 0.2) is 5.75 Å². The van der Waals surface area contributed by atoms with Crippen molar-refractivity contribution in [2.75, 3.05) is 22.5 Å². The van der Waals surface area contributed by atoms with Gasteiger partial charge in [-0.15, -0.1) is 16.4 Å². The predicted octanol–water partition coefficient (Wildman–Crippen LogP) is 1.64. The number of hydrogen-bond acceptors (Lipinski definition) is 7. The molecule has 14 heteroatoms. The molecule has 2 heterocycles. The molecule has 0 unspecified atom stereocenters. The van der Waals surface area contributed by atoms with E-state index in [4.69, 9.17) is 11.6 Å². The molecule has 10 nitrogen and oxygen atoms in total. The number of aromatic hydroxyl groups is 1. The maximum Gasteiger partial charge on any atom is 0.322 e. The van der Waals surface area contributed by atoms with Crippen LogP contribution in [0.25, 0.3) is 0 Å². The summed E-state index contributed by atoms with van der Waals surface area (Å²) in [6.45, 7) is 3.66. The summed E-state index contributed by atoms with van der Waals surface area (Å²) in [5.74, 6) is -1.31. The van der Waals surface area contributed by atoms with E-state index in [-0.39, 0.29) is 23.1 Å². The van der Waals surface area contributed by atoms with Crippen LogP contribution < -0.4 is 9.44 Å². The molecule has 0 amide bonds. The van der Waals surface area contributed by atoms with Gasteiger partial charge >= 0.3 is 10.2 Å². The third kappa shape index (κ3) is 4.06. The van der Waals surface area contributed by atoms with Crippen LogP contribution >= 0.6 is 22.9 Å². The zero-order valence-electron chi connectivity index (χ0n) is 14.1. The summed E-state index contributed by atoms with van der Waals surface area (Å²) in [5.41, 5.74) is 0.149. The molecule has 0 aliphatic carbocycles. The Morgan fingerprint density at radius 1 is 1.27 bits per heavy atom. The first kappa shape index (κ1) is 20.8. The average Bonchev–Trinajstić information content (AvgIpc) is 3.03. The summed E-state index contributed by atoms with van der Waals surface area (Å²) in [7, 11) is -6.96. The van der Waals surface area contributed by atoms with E-state index in [1.165, 1.54) is 13.1 Å². The van der Waals surface area contributed by atoms with Crippen molar-refractivity contribution < 1.29 is 21.9 Å². The number of rotatable bonds is 8. The minimum atomic E-state index is -4.20. The normalized spacial score (nSPS) is 12.5. The van der Waals surface area contributed by atoms with Gasteiger partial charge in [0.05, 0.1) is 5.69 Å². The number of aryl methyl sites for hydroxylation is 1. The summed E-state index contributed by atoms with van der Waals surface area (Å²) in [4.78, 5) is 0. The van der Waals surface area contributed by atoms with E-state index >= 15 is 0 Å². The summed E-state index contributed by atoms with van der Waals surface area (Å²) in [5, 5.41) is 15.1. The van der Waals surface area contributed by atoms with Gasteiger partial charge in [-0.2, -0.15) is 12.7 Å². The van der Waals surface area contributed by atoms with Gasteiger partial charge < -0.3 is 5.11 Å². The Hall–Kier alpha value is -1.54. The molecule has 146 valence electrons. The zero-order valence-corrected chi connectivity index (χ0v) is 17.3. The Morgan fingerprint density at radius 2 is 1.88 bits per heavy atom. The molecular formula is C12H18ClN5O5S3. The van der Waals surface area contributed by atoms with Crippen molar-refractivity contribution in [3.8, 4) is 5.75 Å². The number of sulfonamides is 1. The Kier molecular flexibility index (Phi) is 6.07. The second kappa shape index (κ2) is 7.60. The highest BCUT2D eigenvalue weighted by Crippen LogP contribution is 2.33. The Balaban J connectivity index is 2.37. The lowest BCUT2D eigenvalue weighted by molar-refractivity contribution is 0.419. The van der Waals surface area contributed by atoms with Crippen LogP contribution in [0.15, 0.2) is 16.5 Å². The van der Waals surface area contributed by atoms with Crippen LogP contribution in [0.4, 0.5) is 11.5 Å². The van der Waals surface area contributed by atoms with Gasteiger partial charge in [0.25, 0.3) is 10.0 Å². The molecule has 0 fully saturated rings. The highest BCUT2D eigenvalue weighted by atomic mass is 35.5. The van der Waals surface area contributed by atoms with Crippen LogP contribution in [0.5, 0.6) is 5.75 Å². The fraction of sp³-hybridized carbons (Fsp3) is 0.417. The third-order valence-corrected chi connectivity index (χ3v) is 7.62. The third-order valence-electron chi connectivity index (χ3n) is 3.35. The quantitative estimate of drug-likeness (QED) is 0.567. The highest BCUT2D eigenvalue weighted by molar-refractivity contribution is 7.94. The molecule has 0 bridgehead atoms. The molecule has 2 aromatic rings. The number of halogens is 1. The topological polar surface area (TPSA) is 134 Å². The van der Waals surface area contributed by atoms with Crippen molar-refractivity contribution in [1.82, 2.24) is 14.1 Å². The molecule has 0 aliphatic heterocycles. The first-order chi connectivity index (χ1) is 12.0. The highest BCUT2D eigenvalue weighted by Gasteiger charge is 2.32. The first-order valence-corrected chi connectivity index (χ1v) is 11.5. The van der Waals surface area contributed by atoms with Crippen LogP contribution in [0.3, 0.4) is 0 Å². The van der Waals surface area contributed by atoms with E-state index in [0.29, 0.717) is 0 Å². The lowest BCUT2D eigenvalue weighted by Crippen LogP contribution is -2.32. The Morgan fingerprint density at radius 3 is 2.38 bits per heavy atom. The van der Waals surface area contributed by atoms with E-state index in [2.05, 4.69) is 9.82 Å². The fourth-order valence-electron chi connectivity index (χ4n) is 2.20. The number of nitrogens with zero attached hydrogens (tertiary/aromatic N) is 3. The van der Waals surface area contributed by atoms with Gasteiger partial charge in [0.1, 0.15) is 4.34 Å². The number of hydrogen-bond donors (Lipinski definition) is 3. The average molecular weight is 444 g/mol. The summed E-state index contributed by atoms with van der Waals surface area (Å²) < 4.78 is 56.0. The Labute approximate surface area is 160 Å². The molecule has 3 N–H and O–H groups in total. The van der Waals surface area contributed by atoms with Gasteiger partial charge in [-0.3, -0.25) is 9.40 Å². The molecular weight excluding hydrogens is 426 g/mol. The standard InChI is InChI=1S/C12H18ClN5O5S3/c1-4-18(5-2)25(20,21)12-9(19)11(14-17(12)3)16-26(22,23)15-8-6-7-24-10(8)13/h6-7,15,19H,4-5H2,1-3H3,(H,14,16). The maximum atomic E-state index is 12.6. The molecule has 0 radical (unpaired) electrons. The van der Waals surface area contributed by atoms with Crippen LogP contribution in [-0.2, 0) is 27.3 Å². The van der Waals surface area contributed by atoms with Crippen LogP contribution in [0.1, 0.15) is 13.8 Å². The van der Waals surface area contributed by atoms with Crippen LogP contribution in [0.2, 0.25) is 4.34 Å². The molecule has 0 aromatic carbocycles. The molecule has 2 aromatic heterocycles. The van der Waals surface area contributed by atoms with Gasteiger partial charge in [0.2, 0.25) is 10.8 Å². The van der Waals surface area contributed by atoms with Crippen LogP contribution in [0, 0.1) is 0 Å². The number of aromatic nitrogens is 2. The molecule has 0 saturated heterocycles. The van der Waals surface area contributed by atoms with Crippen molar-refractivity contribution in [2.24, 2.45) is 7.05 Å². The van der Waals surface area contributed by atoms with E-state index in [1.54, 1.807) is 19.2 Å². The van der Waals surface area contributed by atoms with Gasteiger partial charge in [-0.1, -0.05) is 25.4 Å². The SMILES string of the molecule is CCN(CC)S(=O)(=O)c1c(O)c(NS(=O)(=O)Nc2ccsc2Cl)nn1C. The maximum absolute atomic E-state index is 12.6. The van der Waals surface area contributed by atoms with E-state index < -0.39 is 36.8 Å². The second-order valence-corrected chi connectivity index (χ2v) is 9.82. The summed E-state index contributed by atoms with van der Waals surface area (Å²) in [6, 6.07) is 1.46. The van der Waals surface area contributed by atoms with Gasteiger partial charge in [-0.25, -0.2) is 13.1 Å². The molecule has 0 saturated carbocycles. The number of anilines is 2. The minimum Gasteiger partial charge on any atom is -0.502 e. The molecule has 0 spiro atoms. The van der Waals surface area contributed by atoms with Crippen molar-refractivity contribution in [1.29, 1.82) is 0 Å². The lowest BCUT2D eigenvalue weighted by Gasteiger charge is -2.18. The van der Waals surface area contributed by atoms with Gasteiger partial charge in [-0.05, 0) is 11.4 Å². The smallest absolute Gasteiger partial charge is 0.322 e. The largest absolute Gasteiger partial charge is 0.502 e. The molecule has 26 heavy (non-hydrogen) atoms. The second-order valence-electron chi connectivity index (χ2n) is 5.03. The minimum absolute atomic E-state index is 0.149. The monoisotopic (exact) mass is 443 g/mol. The molecule has 2 rings (SSSR count). The Bertz CT molecular complexity index is 995. The molecule has 0 aliphatic rings. The van der Waals surface area contributed by atoms with Crippen molar-refractivity contribution >= 4 is 54.7 Å². The zero-order chi connectivity index (χ0) is 19.7. The lowest BCUT2D eigenvalue weighted by atomic mass is 10.6. The summed E-state index contributed by atoms with van der Waals surface area (Å²) in [6.07, 6.45) is 0. The molecule has 0 atom stereocenters. The van der Waals surface area contributed by atoms with Gasteiger partial charge in [0, 0.05) is 20.1 Å². The van der Waals surface area contributed by atoms with E-state index in [9.17, 15) is 21.9 Å². The predicted molar refractivity (Wildman–Crippen MR) is 100 cm³/mol.